The average molecular weight is 489 g/mol. The standard InChI is InChI=1S/C18H5F10NO4/c19-5-7(21)11(25)15(12(26)8(5)22)32-17(30)4(2-1-3-29)18(31)33-16-13(27)9(23)6(20)10(24)14(16)28/h4H,1-2H2. The third-order valence-electron chi connectivity index (χ3n) is 3.86. The van der Waals surface area contributed by atoms with E-state index in [1.54, 1.807) is 0 Å². The molecule has 0 saturated carbocycles. The van der Waals surface area contributed by atoms with Crippen LogP contribution < -0.4 is 9.47 Å². The number of nitriles is 1. The number of halogens is 10. The number of nitrogens with zero attached hydrogens (tertiary/aromatic N) is 1. The molecule has 0 aliphatic rings. The van der Waals surface area contributed by atoms with E-state index in [-0.39, 0.29) is 0 Å². The molecule has 5 nitrogen and oxygen atoms in total. The molecule has 0 aromatic heterocycles. The molecular formula is C18H5F10NO4. The minimum absolute atomic E-state index is 0.747. The molecule has 176 valence electrons. The maximum Gasteiger partial charge on any atom is 0.325 e. The van der Waals surface area contributed by atoms with Gasteiger partial charge in [0.1, 0.15) is 0 Å². The Balaban J connectivity index is 2.43. The molecule has 0 spiro atoms. The van der Waals surface area contributed by atoms with Crippen molar-refractivity contribution in [2.45, 2.75) is 12.8 Å². The molecule has 0 heterocycles. The second-order valence-electron chi connectivity index (χ2n) is 5.89. The zero-order valence-electron chi connectivity index (χ0n) is 15.4. The Hall–Kier alpha value is -3.83. The van der Waals surface area contributed by atoms with Crippen LogP contribution >= 0.6 is 0 Å². The van der Waals surface area contributed by atoms with Crippen LogP contribution in [-0.2, 0) is 9.59 Å². The van der Waals surface area contributed by atoms with E-state index in [0.29, 0.717) is 0 Å². The Morgan fingerprint density at radius 1 is 0.606 bits per heavy atom. The van der Waals surface area contributed by atoms with Crippen molar-refractivity contribution in [3.8, 4) is 17.6 Å². The number of carbonyl (C=O) groups is 2. The van der Waals surface area contributed by atoms with Crippen LogP contribution in [0.2, 0.25) is 0 Å². The second kappa shape index (κ2) is 9.76. The minimum Gasteiger partial charge on any atom is -0.419 e. The number of ether oxygens (including phenoxy) is 2. The first-order valence-electron chi connectivity index (χ1n) is 8.18. The van der Waals surface area contributed by atoms with Gasteiger partial charge in [-0.05, 0) is 6.42 Å². The summed E-state index contributed by atoms with van der Waals surface area (Å²) in [4.78, 5) is 24.2. The van der Waals surface area contributed by atoms with Gasteiger partial charge in [0.05, 0.1) is 6.07 Å². The van der Waals surface area contributed by atoms with Crippen molar-refractivity contribution >= 4 is 11.9 Å². The third-order valence-corrected chi connectivity index (χ3v) is 3.86. The first-order chi connectivity index (χ1) is 15.3. The summed E-state index contributed by atoms with van der Waals surface area (Å²) >= 11 is 0. The van der Waals surface area contributed by atoms with E-state index in [1.165, 1.54) is 6.07 Å². The quantitative estimate of drug-likeness (QED) is 0.149. The number of hydrogen-bond acceptors (Lipinski definition) is 5. The zero-order chi connectivity index (χ0) is 25.2. The Kier molecular flexibility index (Phi) is 7.52. The summed E-state index contributed by atoms with van der Waals surface area (Å²) in [7, 11) is 0. The second-order valence-corrected chi connectivity index (χ2v) is 5.89. The van der Waals surface area contributed by atoms with Crippen LogP contribution in [0, 0.1) is 75.4 Å². The fourth-order valence-corrected chi connectivity index (χ4v) is 2.23. The van der Waals surface area contributed by atoms with Gasteiger partial charge in [-0.1, -0.05) is 0 Å². The van der Waals surface area contributed by atoms with E-state index in [0.717, 1.165) is 0 Å². The van der Waals surface area contributed by atoms with Crippen LogP contribution in [0.3, 0.4) is 0 Å². The van der Waals surface area contributed by atoms with Gasteiger partial charge in [-0.15, -0.1) is 0 Å². The number of rotatable bonds is 6. The number of esters is 2. The van der Waals surface area contributed by atoms with Crippen molar-refractivity contribution < 1.29 is 63.0 Å². The average Bonchev–Trinajstić information content (AvgIpc) is 2.79. The summed E-state index contributed by atoms with van der Waals surface area (Å²) in [6, 6.07) is 1.38. The van der Waals surface area contributed by atoms with Crippen molar-refractivity contribution in [1.82, 2.24) is 0 Å². The summed E-state index contributed by atoms with van der Waals surface area (Å²) in [5.41, 5.74) is 0. The van der Waals surface area contributed by atoms with Gasteiger partial charge in [0, 0.05) is 6.42 Å². The molecule has 0 unspecified atom stereocenters. The van der Waals surface area contributed by atoms with Gasteiger partial charge in [-0.2, -0.15) is 22.8 Å². The van der Waals surface area contributed by atoms with Gasteiger partial charge >= 0.3 is 11.9 Å². The van der Waals surface area contributed by atoms with E-state index >= 15 is 0 Å². The van der Waals surface area contributed by atoms with E-state index < -0.39 is 100 Å². The first kappa shape index (κ1) is 25.4. The van der Waals surface area contributed by atoms with Crippen LogP contribution in [0.1, 0.15) is 12.8 Å². The lowest BCUT2D eigenvalue weighted by Crippen LogP contribution is -2.32. The minimum atomic E-state index is -2.62. The summed E-state index contributed by atoms with van der Waals surface area (Å²) < 4.78 is 142. The molecule has 0 radical (unpaired) electrons. The number of hydrogen-bond donors (Lipinski definition) is 0. The fraction of sp³-hybridized carbons (Fsp3) is 0.167. The topological polar surface area (TPSA) is 76.4 Å². The van der Waals surface area contributed by atoms with Gasteiger partial charge in [0.2, 0.25) is 69.7 Å². The predicted molar refractivity (Wildman–Crippen MR) is 82.1 cm³/mol. The molecule has 0 fully saturated rings. The van der Waals surface area contributed by atoms with Gasteiger partial charge < -0.3 is 9.47 Å². The first-order valence-corrected chi connectivity index (χ1v) is 8.18. The Bertz CT molecular complexity index is 1050. The van der Waals surface area contributed by atoms with Crippen molar-refractivity contribution in [1.29, 1.82) is 5.26 Å². The Labute approximate surface area is 175 Å². The van der Waals surface area contributed by atoms with Crippen molar-refractivity contribution in [2.24, 2.45) is 5.92 Å². The van der Waals surface area contributed by atoms with E-state index in [9.17, 15) is 53.5 Å². The number of benzene rings is 2. The molecule has 0 saturated heterocycles. The summed E-state index contributed by atoms with van der Waals surface area (Å²) in [6.07, 6.45) is -1.72. The molecule has 0 amide bonds. The Morgan fingerprint density at radius 2 is 0.879 bits per heavy atom. The molecule has 2 aromatic rings. The smallest absolute Gasteiger partial charge is 0.325 e. The van der Waals surface area contributed by atoms with Gasteiger partial charge in [0.25, 0.3) is 0 Å². The van der Waals surface area contributed by atoms with Crippen LogP contribution in [-0.4, -0.2) is 11.9 Å². The fourth-order valence-electron chi connectivity index (χ4n) is 2.23. The van der Waals surface area contributed by atoms with Crippen LogP contribution in [0.15, 0.2) is 0 Å². The maximum absolute atomic E-state index is 13.7. The summed E-state index contributed by atoms with van der Waals surface area (Å²) in [5.74, 6) is -37.0. The largest absolute Gasteiger partial charge is 0.419 e. The molecule has 2 aromatic carbocycles. The molecule has 0 bridgehead atoms. The highest BCUT2D eigenvalue weighted by atomic mass is 19.2. The summed E-state index contributed by atoms with van der Waals surface area (Å²) in [6.45, 7) is 0. The maximum atomic E-state index is 13.7. The summed E-state index contributed by atoms with van der Waals surface area (Å²) in [5, 5.41) is 8.57. The van der Waals surface area contributed by atoms with Gasteiger partial charge in [0.15, 0.2) is 5.92 Å². The lowest BCUT2D eigenvalue weighted by atomic mass is 10.0. The zero-order valence-corrected chi connectivity index (χ0v) is 15.4. The lowest BCUT2D eigenvalue weighted by Gasteiger charge is -2.16. The highest BCUT2D eigenvalue weighted by Crippen LogP contribution is 2.32. The number of carbonyl (C=O) groups excluding carboxylic acids is 2. The van der Waals surface area contributed by atoms with E-state index in [2.05, 4.69) is 9.47 Å². The molecule has 15 heteroatoms. The molecule has 33 heavy (non-hydrogen) atoms. The predicted octanol–water partition coefficient (Wildman–Crippen LogP) is 4.51. The van der Waals surface area contributed by atoms with Crippen LogP contribution in [0.25, 0.3) is 0 Å². The van der Waals surface area contributed by atoms with E-state index in [4.69, 9.17) is 5.26 Å². The van der Waals surface area contributed by atoms with Crippen LogP contribution in [0.4, 0.5) is 43.9 Å². The molecule has 0 N–H and O–H groups in total. The highest BCUT2D eigenvalue weighted by Gasteiger charge is 2.37. The lowest BCUT2D eigenvalue weighted by molar-refractivity contribution is -0.152. The SMILES string of the molecule is N#CCCC(C(=O)Oc1c(F)c(F)c(F)c(F)c1F)C(=O)Oc1c(F)c(F)c(F)c(F)c1F. The molecule has 2 rings (SSSR count). The van der Waals surface area contributed by atoms with Crippen LogP contribution in [0.5, 0.6) is 11.5 Å². The van der Waals surface area contributed by atoms with Gasteiger partial charge in [-0.3, -0.25) is 9.59 Å². The normalized spacial score (nSPS) is 10.8. The monoisotopic (exact) mass is 489 g/mol. The molecule has 0 aliphatic heterocycles. The van der Waals surface area contributed by atoms with Gasteiger partial charge in [-0.25, -0.2) is 26.3 Å². The highest BCUT2D eigenvalue weighted by molar-refractivity contribution is 5.96. The molecule has 0 aliphatic carbocycles. The van der Waals surface area contributed by atoms with Crippen molar-refractivity contribution in [3.63, 3.8) is 0 Å². The third kappa shape index (κ3) is 4.69. The van der Waals surface area contributed by atoms with E-state index in [1.807, 2.05) is 0 Å². The molecule has 0 atom stereocenters. The molecular weight excluding hydrogens is 484 g/mol. The van der Waals surface area contributed by atoms with Crippen molar-refractivity contribution in [3.05, 3.63) is 58.2 Å². The Morgan fingerprint density at radius 3 is 1.15 bits per heavy atom. The van der Waals surface area contributed by atoms with Crippen molar-refractivity contribution in [2.75, 3.05) is 0 Å².